The van der Waals surface area contributed by atoms with Crippen LogP contribution in [-0.4, -0.2) is 90.0 Å². The number of nitrogens with zero attached hydrogens (tertiary/aromatic N) is 5. The fraction of sp³-hybridized carbons (Fsp3) is 0.318. The minimum Gasteiger partial charge on any atom is -0.477 e. The fourth-order valence-electron chi connectivity index (χ4n) is 4.06. The maximum absolute atomic E-state index is 13.1. The highest BCUT2D eigenvalue weighted by Crippen LogP contribution is 2.41. The fourth-order valence-corrected chi connectivity index (χ4v) is 6.24. The number of allylic oxidation sites excluding steroid dienone is 1. The van der Waals surface area contributed by atoms with Gasteiger partial charge in [-0.3, -0.25) is 33.4 Å². The molecule has 2 atom stereocenters. The summed E-state index contributed by atoms with van der Waals surface area (Å²) in [5, 5.41) is 25.6. The standard InChI is InChI=1S/C22H23N9O8S3/c1-8(32)24-3-4-30-15(27-28-17(34)19(30)36)11(40)5-9-6-41-20-13(18(35)31(20)14(9)21(37)38)26-16(33)12(29-39-2)10-7-42-22(23)25-10/h5,7,13,20,40H,3-4,6H2,1-2H3,(H2,23,25)(H,24,32)(H,26,33)(H,28,34)(H,37,38). The summed E-state index contributed by atoms with van der Waals surface area (Å²) in [6.07, 6.45) is 1.32. The molecule has 222 valence electrons. The molecule has 2 aliphatic heterocycles. The molecule has 0 bridgehead atoms. The summed E-state index contributed by atoms with van der Waals surface area (Å²) < 4.78 is 0.989. The summed E-state index contributed by atoms with van der Waals surface area (Å²) in [7, 11) is 1.23. The third-order valence-corrected chi connectivity index (χ3v) is 8.16. The van der Waals surface area contributed by atoms with E-state index in [-0.39, 0.29) is 63.3 Å². The van der Waals surface area contributed by atoms with Gasteiger partial charge < -0.3 is 26.3 Å². The molecule has 0 saturated carbocycles. The van der Waals surface area contributed by atoms with Gasteiger partial charge in [-0.05, 0) is 11.6 Å². The number of thioether (sulfide) groups is 1. The van der Waals surface area contributed by atoms with Gasteiger partial charge in [0.2, 0.25) is 5.91 Å². The number of nitrogens with one attached hydrogen (secondary N) is 3. The Morgan fingerprint density at radius 2 is 2.10 bits per heavy atom. The van der Waals surface area contributed by atoms with Gasteiger partial charge in [0.15, 0.2) is 16.7 Å². The van der Waals surface area contributed by atoms with Crippen LogP contribution in [-0.2, 0) is 30.6 Å². The largest absolute Gasteiger partial charge is 0.477 e. The van der Waals surface area contributed by atoms with Gasteiger partial charge in [-0.25, -0.2) is 14.9 Å². The number of carbonyl (C=O) groups excluding carboxylic acids is 3. The van der Waals surface area contributed by atoms with Crippen LogP contribution in [0.25, 0.3) is 4.91 Å². The molecule has 2 aromatic rings. The van der Waals surface area contributed by atoms with E-state index in [1.165, 1.54) is 37.3 Å². The van der Waals surface area contributed by atoms with Crippen molar-refractivity contribution in [2.24, 2.45) is 5.16 Å². The lowest BCUT2D eigenvalue weighted by atomic mass is 10.0. The van der Waals surface area contributed by atoms with Crippen LogP contribution < -0.4 is 27.5 Å². The normalized spacial score (nSPS) is 18.7. The van der Waals surface area contributed by atoms with E-state index < -0.39 is 40.3 Å². The van der Waals surface area contributed by atoms with Crippen molar-refractivity contribution >= 4 is 75.2 Å². The molecule has 0 aromatic carbocycles. The number of carbonyl (C=O) groups is 4. The lowest BCUT2D eigenvalue weighted by molar-refractivity contribution is -0.150. The summed E-state index contributed by atoms with van der Waals surface area (Å²) in [5.74, 6) is -3.24. The Balaban J connectivity index is 1.60. The highest BCUT2D eigenvalue weighted by atomic mass is 32.2. The Hall–Kier alpha value is -4.43. The number of amides is 3. The minimum absolute atomic E-state index is 0.0110. The van der Waals surface area contributed by atoms with Crippen molar-refractivity contribution in [2.45, 2.75) is 24.9 Å². The van der Waals surface area contributed by atoms with E-state index in [9.17, 15) is 33.9 Å². The van der Waals surface area contributed by atoms with Crippen molar-refractivity contribution < 1.29 is 29.1 Å². The number of aromatic nitrogens is 4. The number of hydrogen-bond acceptors (Lipinski definition) is 14. The number of nitrogens with two attached hydrogens (primary N) is 1. The van der Waals surface area contributed by atoms with Crippen LogP contribution >= 0.6 is 35.7 Å². The smallest absolute Gasteiger partial charge is 0.352 e. The Labute approximate surface area is 249 Å². The van der Waals surface area contributed by atoms with Crippen molar-refractivity contribution in [1.82, 2.24) is 35.3 Å². The number of carboxylic acids is 1. The summed E-state index contributed by atoms with van der Waals surface area (Å²) in [5.41, 5.74) is 3.42. The zero-order valence-electron chi connectivity index (χ0n) is 21.8. The lowest BCUT2D eigenvalue weighted by Crippen LogP contribution is -2.71. The topological polar surface area (TPSA) is 244 Å². The van der Waals surface area contributed by atoms with Gasteiger partial charge in [0, 0.05) is 36.1 Å². The Kier molecular flexibility index (Phi) is 9.17. The third kappa shape index (κ3) is 6.09. The number of hydrogen-bond donors (Lipinski definition) is 6. The zero-order valence-corrected chi connectivity index (χ0v) is 24.3. The molecular weight excluding hydrogens is 614 g/mol. The molecule has 4 heterocycles. The molecule has 2 unspecified atom stereocenters. The molecule has 0 spiro atoms. The number of fused-ring (bicyclic) bond motifs is 1. The second-order valence-electron chi connectivity index (χ2n) is 8.58. The summed E-state index contributed by atoms with van der Waals surface area (Å²) in [4.78, 5) is 83.7. The first-order chi connectivity index (χ1) is 19.9. The first-order valence-electron chi connectivity index (χ1n) is 11.8. The minimum atomic E-state index is -1.41. The van der Waals surface area contributed by atoms with Gasteiger partial charge in [-0.2, -0.15) is 5.10 Å². The summed E-state index contributed by atoms with van der Waals surface area (Å²) in [6.45, 7) is 1.18. The van der Waals surface area contributed by atoms with Crippen LogP contribution in [0.2, 0.25) is 0 Å². The molecule has 4 rings (SSSR count). The molecule has 20 heteroatoms. The van der Waals surface area contributed by atoms with Crippen LogP contribution in [0.1, 0.15) is 18.4 Å². The Morgan fingerprint density at radius 3 is 2.71 bits per heavy atom. The highest BCUT2D eigenvalue weighted by molar-refractivity contribution is 8.00. The average molecular weight is 638 g/mol. The van der Waals surface area contributed by atoms with E-state index in [1.54, 1.807) is 0 Å². The van der Waals surface area contributed by atoms with E-state index in [0.717, 1.165) is 20.8 Å². The number of β-lactam (4-membered cyclic amide) rings is 1. The van der Waals surface area contributed by atoms with Gasteiger partial charge in [-0.1, -0.05) is 5.16 Å². The van der Waals surface area contributed by atoms with Gasteiger partial charge in [0.25, 0.3) is 11.8 Å². The highest BCUT2D eigenvalue weighted by Gasteiger charge is 2.54. The maximum atomic E-state index is 13.1. The van der Waals surface area contributed by atoms with Crippen LogP contribution in [0.5, 0.6) is 0 Å². The molecule has 42 heavy (non-hydrogen) atoms. The number of thiol groups is 1. The van der Waals surface area contributed by atoms with E-state index in [1.807, 2.05) is 0 Å². The second kappa shape index (κ2) is 12.6. The molecule has 17 nitrogen and oxygen atoms in total. The van der Waals surface area contributed by atoms with Gasteiger partial charge >= 0.3 is 17.1 Å². The van der Waals surface area contributed by atoms with Crippen molar-refractivity contribution in [1.29, 1.82) is 0 Å². The molecule has 1 saturated heterocycles. The molecular formula is C22H23N9O8S3. The third-order valence-electron chi connectivity index (χ3n) is 5.86. The van der Waals surface area contributed by atoms with Crippen LogP contribution in [0.15, 0.2) is 37.5 Å². The lowest BCUT2D eigenvalue weighted by Gasteiger charge is -2.49. The molecule has 2 aliphatic rings. The number of anilines is 1. The number of H-pyrrole nitrogens is 1. The Bertz CT molecular complexity index is 1670. The Morgan fingerprint density at radius 1 is 1.36 bits per heavy atom. The van der Waals surface area contributed by atoms with Crippen molar-refractivity contribution in [2.75, 3.05) is 25.1 Å². The van der Waals surface area contributed by atoms with Gasteiger partial charge in [-0.15, -0.1) is 35.7 Å². The van der Waals surface area contributed by atoms with Crippen LogP contribution in [0.3, 0.4) is 0 Å². The predicted molar refractivity (Wildman–Crippen MR) is 155 cm³/mol. The number of oxime groups is 1. The van der Waals surface area contributed by atoms with Gasteiger partial charge in [0.1, 0.15) is 29.9 Å². The second-order valence-corrected chi connectivity index (χ2v) is 11.1. The monoisotopic (exact) mass is 637 g/mol. The van der Waals surface area contributed by atoms with Crippen molar-refractivity contribution in [3.63, 3.8) is 0 Å². The van der Waals surface area contributed by atoms with E-state index >= 15 is 0 Å². The first-order valence-corrected chi connectivity index (χ1v) is 14.2. The van der Waals surface area contributed by atoms with Crippen LogP contribution in [0, 0.1) is 0 Å². The number of aliphatic carboxylic acids is 1. The molecule has 2 aromatic heterocycles. The van der Waals surface area contributed by atoms with Crippen LogP contribution in [0.4, 0.5) is 5.13 Å². The number of aromatic amines is 1. The average Bonchev–Trinajstić information content (AvgIpc) is 3.37. The van der Waals surface area contributed by atoms with E-state index in [2.05, 4.69) is 43.6 Å². The van der Waals surface area contributed by atoms with E-state index in [4.69, 9.17) is 10.6 Å². The number of carboxylic acid groups (broad SMARTS) is 1. The predicted octanol–water partition coefficient (Wildman–Crippen LogP) is -1.83. The zero-order chi connectivity index (χ0) is 30.7. The molecule has 0 aliphatic carbocycles. The molecule has 0 radical (unpaired) electrons. The quantitative estimate of drug-likeness (QED) is 0.0554. The molecule has 3 amide bonds. The summed E-state index contributed by atoms with van der Waals surface area (Å²) >= 11 is 6.64. The first kappa shape index (κ1) is 30.5. The van der Waals surface area contributed by atoms with Crippen molar-refractivity contribution in [3.05, 3.63) is 55.0 Å². The molecule has 1 fully saturated rings. The maximum Gasteiger partial charge on any atom is 0.352 e. The number of rotatable bonds is 10. The number of thiazole rings is 1. The van der Waals surface area contributed by atoms with E-state index in [0.29, 0.717) is 0 Å². The SMILES string of the molecule is CON=C(C(=O)NC1C(=O)N2C(C(=O)O)=C(C=C(S)c3n[nH]c(=O)c(=O)n3CCNC(C)=O)CSC12)c1csc(N)n1. The number of nitrogen functional groups attached to an aromatic ring is 1. The summed E-state index contributed by atoms with van der Waals surface area (Å²) in [6, 6.07) is -1.07. The van der Waals surface area contributed by atoms with Gasteiger partial charge in [0.05, 0.1) is 0 Å². The van der Waals surface area contributed by atoms with Crippen molar-refractivity contribution in [3.8, 4) is 0 Å². The molecule has 6 N–H and O–H groups in total.